The first kappa shape index (κ1) is 20.8. The SMILES string of the molecule is Cc1ccc2ncc(=O)n(CCN(C(=O)OC(C)(C)C)C34CCC(CC3)OC4)c2n1. The van der Waals surface area contributed by atoms with E-state index < -0.39 is 5.60 Å². The van der Waals surface area contributed by atoms with Gasteiger partial charge in [-0.05, 0) is 65.5 Å². The summed E-state index contributed by atoms with van der Waals surface area (Å²) in [7, 11) is 0. The van der Waals surface area contributed by atoms with E-state index in [-0.39, 0.29) is 17.2 Å². The first-order valence-corrected chi connectivity index (χ1v) is 10.6. The molecule has 2 aromatic rings. The summed E-state index contributed by atoms with van der Waals surface area (Å²) >= 11 is 0. The van der Waals surface area contributed by atoms with E-state index in [1.165, 1.54) is 6.20 Å². The Morgan fingerprint density at radius 3 is 2.70 bits per heavy atom. The number of amides is 1. The van der Waals surface area contributed by atoms with Gasteiger partial charge in [-0.1, -0.05) is 0 Å². The molecule has 8 nitrogen and oxygen atoms in total. The van der Waals surface area contributed by atoms with Gasteiger partial charge in [0.1, 0.15) is 11.1 Å². The monoisotopic (exact) mass is 414 g/mol. The van der Waals surface area contributed by atoms with Crippen LogP contribution in [0.1, 0.15) is 52.1 Å². The summed E-state index contributed by atoms with van der Waals surface area (Å²) in [5, 5.41) is 0. The van der Waals surface area contributed by atoms with E-state index in [9.17, 15) is 9.59 Å². The summed E-state index contributed by atoms with van der Waals surface area (Å²) < 4.78 is 13.3. The fourth-order valence-electron chi connectivity index (χ4n) is 4.45. The zero-order valence-electron chi connectivity index (χ0n) is 18.2. The predicted octanol–water partition coefficient (Wildman–Crippen LogP) is 3.05. The topological polar surface area (TPSA) is 86.6 Å². The van der Waals surface area contributed by atoms with Gasteiger partial charge in [0.15, 0.2) is 5.65 Å². The second-order valence-electron chi connectivity index (χ2n) is 9.41. The van der Waals surface area contributed by atoms with Gasteiger partial charge in [-0.25, -0.2) is 14.8 Å². The van der Waals surface area contributed by atoms with E-state index in [4.69, 9.17) is 9.47 Å². The summed E-state index contributed by atoms with van der Waals surface area (Å²) in [6.07, 6.45) is 4.91. The normalized spacial score (nSPS) is 23.5. The number of carbonyl (C=O) groups excluding carboxylic acids is 1. The lowest BCUT2D eigenvalue weighted by Gasteiger charge is -2.52. The van der Waals surface area contributed by atoms with Gasteiger partial charge in [-0.3, -0.25) is 14.3 Å². The number of hydrogen-bond acceptors (Lipinski definition) is 6. The third kappa shape index (κ3) is 4.05. The second kappa shape index (κ2) is 7.65. The number of fused-ring (bicyclic) bond motifs is 4. The molecule has 2 bridgehead atoms. The summed E-state index contributed by atoms with van der Waals surface area (Å²) in [6, 6.07) is 3.72. The van der Waals surface area contributed by atoms with E-state index >= 15 is 0 Å². The minimum Gasteiger partial charge on any atom is -0.444 e. The van der Waals surface area contributed by atoms with Crippen LogP contribution in [0.5, 0.6) is 0 Å². The zero-order valence-corrected chi connectivity index (χ0v) is 18.2. The van der Waals surface area contributed by atoms with Crippen molar-refractivity contribution in [2.45, 2.75) is 77.2 Å². The summed E-state index contributed by atoms with van der Waals surface area (Å²) in [6.45, 7) is 8.65. The molecule has 1 amide bonds. The lowest BCUT2D eigenvalue weighted by atomic mass is 9.77. The lowest BCUT2D eigenvalue weighted by Crippen LogP contribution is -2.62. The van der Waals surface area contributed by atoms with Gasteiger partial charge in [0.2, 0.25) is 0 Å². The van der Waals surface area contributed by atoms with Crippen molar-refractivity contribution in [2.75, 3.05) is 13.2 Å². The number of aryl methyl sites for hydroxylation is 1. The van der Waals surface area contributed by atoms with E-state index in [0.717, 1.165) is 31.4 Å². The van der Waals surface area contributed by atoms with Gasteiger partial charge in [0.25, 0.3) is 5.56 Å². The molecule has 0 N–H and O–H groups in total. The van der Waals surface area contributed by atoms with Gasteiger partial charge in [0.05, 0.1) is 24.4 Å². The van der Waals surface area contributed by atoms with Crippen LogP contribution < -0.4 is 5.56 Å². The van der Waals surface area contributed by atoms with Crippen molar-refractivity contribution in [2.24, 2.45) is 0 Å². The minimum absolute atomic E-state index is 0.231. The van der Waals surface area contributed by atoms with Crippen LogP contribution in [-0.2, 0) is 16.0 Å². The van der Waals surface area contributed by atoms with Crippen LogP contribution in [0.3, 0.4) is 0 Å². The maximum atomic E-state index is 13.2. The van der Waals surface area contributed by atoms with Crippen molar-refractivity contribution in [3.05, 3.63) is 34.4 Å². The summed E-state index contributed by atoms with van der Waals surface area (Å²) in [5.74, 6) is 0. The quantitative estimate of drug-likeness (QED) is 0.764. The lowest BCUT2D eigenvalue weighted by molar-refractivity contribution is -0.133. The Kier molecular flexibility index (Phi) is 5.30. The third-order valence-corrected chi connectivity index (χ3v) is 6.01. The molecular weight excluding hydrogens is 384 g/mol. The van der Waals surface area contributed by atoms with E-state index in [2.05, 4.69) is 9.97 Å². The Balaban J connectivity index is 1.65. The largest absolute Gasteiger partial charge is 0.444 e. The summed E-state index contributed by atoms with van der Waals surface area (Å²) in [4.78, 5) is 36.3. The Hall–Kier alpha value is -2.48. The number of ether oxygens (including phenoxy) is 2. The molecule has 162 valence electrons. The van der Waals surface area contributed by atoms with Crippen molar-refractivity contribution in [1.29, 1.82) is 0 Å². The van der Waals surface area contributed by atoms with Crippen LogP contribution in [0, 0.1) is 6.92 Å². The highest BCUT2D eigenvalue weighted by atomic mass is 16.6. The van der Waals surface area contributed by atoms with Gasteiger partial charge in [0, 0.05) is 18.8 Å². The molecule has 0 aromatic carbocycles. The molecule has 1 saturated carbocycles. The second-order valence-corrected chi connectivity index (χ2v) is 9.41. The first-order chi connectivity index (χ1) is 14.2. The molecule has 1 aliphatic carbocycles. The van der Waals surface area contributed by atoms with Crippen molar-refractivity contribution >= 4 is 17.3 Å². The molecule has 0 spiro atoms. The highest BCUT2D eigenvalue weighted by Gasteiger charge is 2.48. The fraction of sp³-hybridized carbons (Fsp3) is 0.636. The van der Waals surface area contributed by atoms with Crippen LogP contribution in [0.2, 0.25) is 0 Å². The number of pyridine rings is 1. The smallest absolute Gasteiger partial charge is 0.410 e. The predicted molar refractivity (Wildman–Crippen MR) is 112 cm³/mol. The number of aromatic nitrogens is 3. The molecular formula is C22H30N4O4. The fourth-order valence-corrected chi connectivity index (χ4v) is 4.45. The number of hydrogen-bond donors (Lipinski definition) is 0. The molecule has 2 aromatic heterocycles. The summed E-state index contributed by atoms with van der Waals surface area (Å²) in [5.41, 5.74) is 0.789. The van der Waals surface area contributed by atoms with Crippen LogP contribution in [0.15, 0.2) is 23.1 Å². The molecule has 8 heteroatoms. The van der Waals surface area contributed by atoms with E-state index in [1.54, 1.807) is 9.47 Å². The average molecular weight is 415 g/mol. The van der Waals surface area contributed by atoms with Crippen molar-refractivity contribution in [3.8, 4) is 0 Å². The molecule has 30 heavy (non-hydrogen) atoms. The van der Waals surface area contributed by atoms with E-state index in [1.807, 2.05) is 39.8 Å². The Labute approximate surface area is 176 Å². The van der Waals surface area contributed by atoms with Crippen LogP contribution in [-0.4, -0.2) is 55.9 Å². The average Bonchev–Trinajstić information content (AvgIpc) is 2.69. The zero-order chi connectivity index (χ0) is 21.5. The van der Waals surface area contributed by atoms with Gasteiger partial charge in [-0.2, -0.15) is 0 Å². The molecule has 2 aliphatic heterocycles. The van der Waals surface area contributed by atoms with Crippen molar-refractivity contribution in [1.82, 2.24) is 19.4 Å². The standard InChI is InChI=1S/C22H30N4O4/c1-15-5-6-17-19(24-15)25(18(27)13-23-17)11-12-26(20(28)30-21(2,3)4)22-9-7-16(8-10-22)29-14-22/h5-6,13,16H,7-12,14H2,1-4H3. The molecule has 4 heterocycles. The third-order valence-electron chi connectivity index (χ3n) is 6.01. The molecule has 3 fully saturated rings. The highest BCUT2D eigenvalue weighted by molar-refractivity contribution is 5.70. The number of rotatable bonds is 4. The molecule has 0 atom stereocenters. The van der Waals surface area contributed by atoms with Crippen LogP contribution >= 0.6 is 0 Å². The minimum atomic E-state index is -0.600. The van der Waals surface area contributed by atoms with Crippen molar-refractivity contribution < 1.29 is 14.3 Å². The molecule has 0 radical (unpaired) electrons. The number of nitrogens with zero attached hydrogens (tertiary/aromatic N) is 4. The Bertz CT molecular complexity index is 989. The van der Waals surface area contributed by atoms with E-state index in [0.29, 0.717) is 37.0 Å². The van der Waals surface area contributed by atoms with Crippen LogP contribution in [0.4, 0.5) is 4.79 Å². The molecule has 3 aliphatic rings. The Morgan fingerprint density at radius 1 is 1.33 bits per heavy atom. The number of carbonyl (C=O) groups is 1. The molecule has 0 unspecified atom stereocenters. The molecule has 5 rings (SSSR count). The van der Waals surface area contributed by atoms with Crippen LogP contribution in [0.25, 0.3) is 11.2 Å². The Morgan fingerprint density at radius 2 is 2.07 bits per heavy atom. The van der Waals surface area contributed by atoms with Gasteiger partial charge < -0.3 is 9.47 Å². The van der Waals surface area contributed by atoms with Gasteiger partial charge >= 0.3 is 6.09 Å². The van der Waals surface area contributed by atoms with Gasteiger partial charge in [-0.15, -0.1) is 0 Å². The maximum absolute atomic E-state index is 13.2. The highest BCUT2D eigenvalue weighted by Crippen LogP contribution is 2.41. The van der Waals surface area contributed by atoms with Crippen molar-refractivity contribution in [3.63, 3.8) is 0 Å². The first-order valence-electron chi connectivity index (χ1n) is 10.6. The maximum Gasteiger partial charge on any atom is 0.410 e. The molecule has 2 saturated heterocycles.